The first-order valence-electron chi connectivity index (χ1n) is 13.5. The number of amides is 2. The number of aromatic nitrogens is 3. The minimum atomic E-state index is -0.717. The quantitative estimate of drug-likeness (QED) is 0.321. The molecule has 0 N–H and O–H groups in total. The highest BCUT2D eigenvalue weighted by atomic mass is 79.9. The Bertz CT molecular complexity index is 1390. The number of nitrogens with zero attached hydrogens (tertiary/aromatic N) is 6. The summed E-state index contributed by atoms with van der Waals surface area (Å²) < 4.78 is 13.8. The molecule has 10 nitrogen and oxygen atoms in total. The average molecular weight is 616 g/mol. The number of piperidine rings is 1. The standard InChI is InChI=1S/C29H39BrN6O4/c1-28(2,3)39-26(37)34-14-10-11-19(18-34)23-16-24(36-25(32-23)22(30)17-31-36)35(27(38)40-29(4,5)6)21-13-9-12-20(15-21)33(7)8/h9,12-13,15-17,19H,10-11,14,18H2,1-8H3. The van der Waals surface area contributed by atoms with E-state index in [0.717, 1.165) is 24.2 Å². The van der Waals surface area contributed by atoms with Crippen molar-refractivity contribution >= 4 is 51.0 Å². The second-order valence-electron chi connectivity index (χ2n) is 12.3. The summed E-state index contributed by atoms with van der Waals surface area (Å²) in [5, 5.41) is 4.53. The number of carbonyl (C=O) groups is 2. The number of carbonyl (C=O) groups excluding carboxylic acids is 2. The van der Waals surface area contributed by atoms with Crippen LogP contribution >= 0.6 is 15.9 Å². The predicted octanol–water partition coefficient (Wildman–Crippen LogP) is 6.75. The van der Waals surface area contributed by atoms with Gasteiger partial charge in [0.2, 0.25) is 0 Å². The Morgan fingerprint density at radius 2 is 1.70 bits per heavy atom. The number of rotatable bonds is 4. The van der Waals surface area contributed by atoms with Crippen molar-refractivity contribution in [3.63, 3.8) is 0 Å². The van der Waals surface area contributed by atoms with E-state index in [1.807, 2.05) is 90.9 Å². The van der Waals surface area contributed by atoms with Crippen LogP contribution in [0.5, 0.6) is 0 Å². The third-order valence-corrected chi connectivity index (χ3v) is 6.89. The molecule has 1 saturated heterocycles. The van der Waals surface area contributed by atoms with Crippen LogP contribution in [-0.4, -0.2) is 70.1 Å². The SMILES string of the molecule is CN(C)c1cccc(N(C(=O)OC(C)(C)C)c2cc(C3CCCN(C(=O)OC(C)(C)C)C3)nc3c(Br)cnn23)c1. The highest BCUT2D eigenvalue weighted by molar-refractivity contribution is 9.10. The molecule has 1 fully saturated rings. The van der Waals surface area contributed by atoms with Crippen LogP contribution in [0.3, 0.4) is 0 Å². The van der Waals surface area contributed by atoms with Gasteiger partial charge in [0.05, 0.1) is 22.1 Å². The van der Waals surface area contributed by atoms with Crippen LogP contribution < -0.4 is 9.80 Å². The minimum Gasteiger partial charge on any atom is -0.444 e. The van der Waals surface area contributed by atoms with Gasteiger partial charge in [-0.15, -0.1) is 0 Å². The molecule has 2 aromatic heterocycles. The molecule has 3 aromatic rings. The lowest BCUT2D eigenvalue weighted by Gasteiger charge is -2.34. The summed E-state index contributed by atoms with van der Waals surface area (Å²) in [6.07, 6.45) is 2.45. The number of hydrogen-bond donors (Lipinski definition) is 0. The molecule has 1 aliphatic rings. The molecule has 2 amide bonds. The van der Waals surface area contributed by atoms with Crippen molar-refractivity contribution < 1.29 is 19.1 Å². The summed E-state index contributed by atoms with van der Waals surface area (Å²) in [6, 6.07) is 9.55. The Labute approximate surface area is 244 Å². The largest absolute Gasteiger partial charge is 0.444 e. The fraction of sp³-hybridized carbons (Fsp3) is 0.517. The monoisotopic (exact) mass is 614 g/mol. The van der Waals surface area contributed by atoms with Crippen molar-refractivity contribution in [2.75, 3.05) is 37.0 Å². The van der Waals surface area contributed by atoms with E-state index in [1.165, 1.54) is 4.90 Å². The number of ether oxygens (including phenoxy) is 2. The fourth-order valence-electron chi connectivity index (χ4n) is 4.57. The third-order valence-electron chi connectivity index (χ3n) is 6.33. The Balaban J connectivity index is 1.82. The Morgan fingerprint density at radius 1 is 1.02 bits per heavy atom. The highest BCUT2D eigenvalue weighted by Crippen LogP contribution is 2.35. The number of anilines is 3. The average Bonchev–Trinajstić information content (AvgIpc) is 3.23. The van der Waals surface area contributed by atoms with Crippen LogP contribution in [0, 0.1) is 0 Å². The maximum atomic E-state index is 13.8. The van der Waals surface area contributed by atoms with Gasteiger partial charge in [-0.3, -0.25) is 0 Å². The van der Waals surface area contributed by atoms with E-state index in [1.54, 1.807) is 15.6 Å². The smallest absolute Gasteiger partial charge is 0.420 e. The topological polar surface area (TPSA) is 92.5 Å². The van der Waals surface area contributed by atoms with Crippen LogP contribution in [0.2, 0.25) is 0 Å². The van der Waals surface area contributed by atoms with Gasteiger partial charge in [-0.2, -0.15) is 9.61 Å². The zero-order valence-electron chi connectivity index (χ0n) is 24.6. The van der Waals surface area contributed by atoms with E-state index in [4.69, 9.17) is 14.5 Å². The normalized spacial score (nSPS) is 16.1. The van der Waals surface area contributed by atoms with Gasteiger partial charge in [0.25, 0.3) is 0 Å². The van der Waals surface area contributed by atoms with Crippen LogP contribution in [0.4, 0.5) is 26.8 Å². The Morgan fingerprint density at radius 3 is 2.35 bits per heavy atom. The molecule has 0 saturated carbocycles. The predicted molar refractivity (Wildman–Crippen MR) is 160 cm³/mol. The summed E-state index contributed by atoms with van der Waals surface area (Å²) in [4.78, 5) is 36.8. The lowest BCUT2D eigenvalue weighted by Crippen LogP contribution is -2.42. The molecule has 0 bridgehead atoms. The first-order chi connectivity index (χ1) is 18.6. The van der Waals surface area contributed by atoms with Crippen molar-refractivity contribution in [1.29, 1.82) is 0 Å². The zero-order valence-corrected chi connectivity index (χ0v) is 26.2. The lowest BCUT2D eigenvalue weighted by atomic mass is 9.94. The molecule has 216 valence electrons. The van der Waals surface area contributed by atoms with Gasteiger partial charge in [-0.25, -0.2) is 19.5 Å². The number of fused-ring (bicyclic) bond motifs is 1. The third kappa shape index (κ3) is 6.86. The lowest BCUT2D eigenvalue weighted by molar-refractivity contribution is 0.0197. The van der Waals surface area contributed by atoms with Gasteiger partial charge in [-0.1, -0.05) is 6.07 Å². The van der Waals surface area contributed by atoms with Gasteiger partial charge in [0.15, 0.2) is 5.65 Å². The zero-order chi connectivity index (χ0) is 29.4. The maximum Gasteiger partial charge on any atom is 0.420 e. The van der Waals surface area contributed by atoms with Crippen molar-refractivity contribution in [1.82, 2.24) is 19.5 Å². The summed E-state index contributed by atoms with van der Waals surface area (Å²) in [7, 11) is 3.90. The molecule has 0 spiro atoms. The van der Waals surface area contributed by atoms with Crippen molar-refractivity contribution in [3.05, 3.63) is 46.7 Å². The molecule has 3 heterocycles. The molecule has 40 heavy (non-hydrogen) atoms. The number of benzene rings is 1. The molecule has 1 aromatic carbocycles. The second kappa shape index (κ2) is 11.3. The second-order valence-corrected chi connectivity index (χ2v) is 13.1. The van der Waals surface area contributed by atoms with Gasteiger partial charge >= 0.3 is 12.2 Å². The van der Waals surface area contributed by atoms with E-state index < -0.39 is 17.3 Å². The summed E-state index contributed by atoms with van der Waals surface area (Å²) in [5.41, 5.74) is 1.59. The van der Waals surface area contributed by atoms with Crippen molar-refractivity contribution in [3.8, 4) is 0 Å². The number of hydrogen-bond acceptors (Lipinski definition) is 7. The molecular weight excluding hydrogens is 576 g/mol. The highest BCUT2D eigenvalue weighted by Gasteiger charge is 2.32. The van der Waals surface area contributed by atoms with Crippen LogP contribution in [0.15, 0.2) is 41.0 Å². The Kier molecular flexibility index (Phi) is 8.35. The van der Waals surface area contributed by atoms with E-state index in [-0.39, 0.29) is 12.0 Å². The summed E-state index contributed by atoms with van der Waals surface area (Å²) in [6.45, 7) is 12.2. The molecule has 11 heteroatoms. The summed E-state index contributed by atoms with van der Waals surface area (Å²) in [5.74, 6) is 0.436. The van der Waals surface area contributed by atoms with E-state index in [9.17, 15) is 9.59 Å². The van der Waals surface area contributed by atoms with Crippen LogP contribution in [-0.2, 0) is 9.47 Å². The Hall–Kier alpha value is -3.34. The van der Waals surface area contributed by atoms with E-state index in [2.05, 4.69) is 21.0 Å². The van der Waals surface area contributed by atoms with Gasteiger partial charge in [0.1, 0.15) is 17.0 Å². The van der Waals surface area contributed by atoms with Crippen LogP contribution in [0.25, 0.3) is 5.65 Å². The summed E-state index contributed by atoms with van der Waals surface area (Å²) >= 11 is 3.58. The van der Waals surface area contributed by atoms with E-state index in [0.29, 0.717) is 34.7 Å². The molecule has 1 unspecified atom stereocenters. The molecule has 1 aliphatic heterocycles. The molecule has 1 atom stereocenters. The minimum absolute atomic E-state index is 0.0552. The number of likely N-dealkylation sites (tertiary alicyclic amines) is 1. The van der Waals surface area contributed by atoms with Crippen LogP contribution in [0.1, 0.15) is 66.0 Å². The van der Waals surface area contributed by atoms with E-state index >= 15 is 0 Å². The molecule has 4 rings (SSSR count). The van der Waals surface area contributed by atoms with Gasteiger partial charge < -0.3 is 19.3 Å². The first kappa shape index (κ1) is 29.6. The molecule has 0 radical (unpaired) electrons. The van der Waals surface area contributed by atoms with Crippen molar-refractivity contribution in [2.45, 2.75) is 71.5 Å². The molecule has 0 aliphatic carbocycles. The first-order valence-corrected chi connectivity index (χ1v) is 14.2. The maximum absolute atomic E-state index is 13.8. The van der Waals surface area contributed by atoms with Crippen molar-refractivity contribution in [2.24, 2.45) is 0 Å². The number of halogens is 1. The van der Waals surface area contributed by atoms with Gasteiger partial charge in [-0.05, 0) is 88.5 Å². The fourth-order valence-corrected chi connectivity index (χ4v) is 4.91. The van der Waals surface area contributed by atoms with Gasteiger partial charge in [0, 0.05) is 44.9 Å². The molecular formula is C29H39BrN6O4.